The number of hydrogen-bond acceptors (Lipinski definition) is 2. The summed E-state index contributed by atoms with van der Waals surface area (Å²) in [6.45, 7) is 4.26. The fourth-order valence-corrected chi connectivity index (χ4v) is 1.87. The number of nitrogens with one attached hydrogen (secondary N) is 1. The van der Waals surface area contributed by atoms with Gasteiger partial charge in [-0.1, -0.05) is 26.0 Å². The van der Waals surface area contributed by atoms with Gasteiger partial charge in [0.2, 0.25) is 0 Å². The van der Waals surface area contributed by atoms with Crippen LogP contribution in [0.3, 0.4) is 0 Å². The van der Waals surface area contributed by atoms with E-state index in [1.807, 2.05) is 6.07 Å². The minimum absolute atomic E-state index is 0.456. The number of carboxylic acids is 1. The Labute approximate surface area is 89.1 Å². The highest BCUT2D eigenvalue weighted by Crippen LogP contribution is 2.29. The summed E-state index contributed by atoms with van der Waals surface area (Å²) in [6, 6.07) is 5.71. The van der Waals surface area contributed by atoms with Gasteiger partial charge in [-0.25, -0.2) is 4.79 Å². The molecule has 0 fully saturated rings. The maximum atomic E-state index is 10.8. The average molecular weight is 205 g/mol. The first-order chi connectivity index (χ1) is 7.08. The summed E-state index contributed by atoms with van der Waals surface area (Å²) in [7, 11) is 0. The molecule has 0 spiro atoms. The smallest absolute Gasteiger partial charge is 0.326 e. The Balaban J connectivity index is 2.27. The van der Waals surface area contributed by atoms with E-state index >= 15 is 0 Å². The molecular formula is C12H15NO2. The second kappa shape index (κ2) is 3.57. The number of anilines is 1. The molecule has 15 heavy (non-hydrogen) atoms. The van der Waals surface area contributed by atoms with Crippen molar-refractivity contribution in [2.24, 2.45) is 0 Å². The number of aliphatic carboxylic acids is 1. The van der Waals surface area contributed by atoms with Crippen LogP contribution in [-0.4, -0.2) is 17.1 Å². The van der Waals surface area contributed by atoms with E-state index in [0.717, 1.165) is 11.3 Å². The van der Waals surface area contributed by atoms with Crippen LogP contribution < -0.4 is 5.32 Å². The number of rotatable bonds is 2. The van der Waals surface area contributed by atoms with E-state index in [2.05, 4.69) is 31.3 Å². The van der Waals surface area contributed by atoms with E-state index in [-0.39, 0.29) is 0 Å². The highest BCUT2D eigenvalue weighted by atomic mass is 16.4. The Morgan fingerprint density at radius 2 is 2.27 bits per heavy atom. The Bertz CT molecular complexity index is 399. The maximum absolute atomic E-state index is 10.8. The number of fused-ring (bicyclic) bond motifs is 1. The lowest BCUT2D eigenvalue weighted by molar-refractivity contribution is -0.137. The van der Waals surface area contributed by atoms with Crippen LogP contribution in [0.15, 0.2) is 18.2 Å². The molecule has 0 saturated carbocycles. The SMILES string of the molecule is CC(C)c1ccc2c(c1)NC(C(=O)O)C2. The molecule has 0 saturated heterocycles. The molecule has 1 unspecified atom stereocenters. The third-order valence-electron chi connectivity index (χ3n) is 2.85. The summed E-state index contributed by atoms with van der Waals surface area (Å²) in [5.41, 5.74) is 3.33. The molecule has 80 valence electrons. The third kappa shape index (κ3) is 1.82. The molecule has 1 aliphatic heterocycles. The highest BCUT2D eigenvalue weighted by molar-refractivity contribution is 5.81. The Hall–Kier alpha value is -1.51. The van der Waals surface area contributed by atoms with Crippen molar-refractivity contribution >= 4 is 11.7 Å². The molecule has 0 aliphatic carbocycles. The quantitative estimate of drug-likeness (QED) is 0.778. The molecule has 0 radical (unpaired) electrons. The summed E-state index contributed by atoms with van der Waals surface area (Å²) in [4.78, 5) is 10.8. The molecule has 1 atom stereocenters. The molecule has 1 aliphatic rings. The van der Waals surface area contributed by atoms with E-state index in [1.165, 1.54) is 5.56 Å². The van der Waals surface area contributed by atoms with Crippen LogP contribution in [-0.2, 0) is 11.2 Å². The Kier molecular flexibility index (Phi) is 2.39. The maximum Gasteiger partial charge on any atom is 0.326 e. The lowest BCUT2D eigenvalue weighted by Crippen LogP contribution is -2.26. The summed E-state index contributed by atoms with van der Waals surface area (Å²) < 4.78 is 0. The van der Waals surface area contributed by atoms with Gasteiger partial charge in [-0.05, 0) is 23.1 Å². The predicted molar refractivity (Wildman–Crippen MR) is 59.3 cm³/mol. The van der Waals surface area contributed by atoms with Crippen LogP contribution in [0.1, 0.15) is 30.9 Å². The molecule has 2 rings (SSSR count). The molecule has 1 heterocycles. The molecule has 2 N–H and O–H groups in total. The zero-order valence-corrected chi connectivity index (χ0v) is 8.95. The molecule has 1 aromatic carbocycles. The second-order valence-electron chi connectivity index (χ2n) is 4.31. The Morgan fingerprint density at radius 3 is 2.87 bits per heavy atom. The van der Waals surface area contributed by atoms with E-state index in [4.69, 9.17) is 5.11 Å². The number of benzene rings is 1. The minimum atomic E-state index is -0.780. The van der Waals surface area contributed by atoms with Crippen molar-refractivity contribution in [1.82, 2.24) is 0 Å². The van der Waals surface area contributed by atoms with Crippen LogP contribution in [0, 0.1) is 0 Å². The van der Waals surface area contributed by atoms with Crippen LogP contribution >= 0.6 is 0 Å². The second-order valence-corrected chi connectivity index (χ2v) is 4.31. The van der Waals surface area contributed by atoms with Crippen LogP contribution in [0.2, 0.25) is 0 Å². The Morgan fingerprint density at radius 1 is 1.53 bits per heavy atom. The zero-order chi connectivity index (χ0) is 11.0. The van der Waals surface area contributed by atoms with Gasteiger partial charge < -0.3 is 10.4 Å². The summed E-state index contributed by atoms with van der Waals surface area (Å²) in [6.07, 6.45) is 0.586. The lowest BCUT2D eigenvalue weighted by atomic mass is 10.0. The summed E-state index contributed by atoms with van der Waals surface area (Å²) in [5.74, 6) is -0.307. The van der Waals surface area contributed by atoms with E-state index in [9.17, 15) is 4.79 Å². The van der Waals surface area contributed by atoms with Gasteiger partial charge in [0.1, 0.15) is 6.04 Å². The average Bonchev–Trinajstić information content (AvgIpc) is 2.59. The lowest BCUT2D eigenvalue weighted by Gasteiger charge is -2.08. The molecule has 1 aromatic rings. The molecule has 3 nitrogen and oxygen atoms in total. The standard InChI is InChI=1S/C12H15NO2/c1-7(2)8-3-4-9-6-11(12(14)15)13-10(9)5-8/h3-5,7,11,13H,6H2,1-2H3,(H,14,15). The predicted octanol–water partition coefficient (Wildman–Crippen LogP) is 2.23. The highest BCUT2D eigenvalue weighted by Gasteiger charge is 2.26. The fourth-order valence-electron chi connectivity index (χ4n) is 1.87. The van der Waals surface area contributed by atoms with Crippen molar-refractivity contribution in [3.63, 3.8) is 0 Å². The van der Waals surface area contributed by atoms with Gasteiger partial charge in [0.25, 0.3) is 0 Å². The largest absolute Gasteiger partial charge is 0.480 e. The topological polar surface area (TPSA) is 49.3 Å². The third-order valence-corrected chi connectivity index (χ3v) is 2.85. The number of hydrogen-bond donors (Lipinski definition) is 2. The van der Waals surface area contributed by atoms with Crippen LogP contribution in [0.25, 0.3) is 0 Å². The van der Waals surface area contributed by atoms with Gasteiger partial charge in [-0.2, -0.15) is 0 Å². The monoisotopic (exact) mass is 205 g/mol. The van der Waals surface area contributed by atoms with E-state index < -0.39 is 12.0 Å². The first kappa shape index (κ1) is 10.0. The summed E-state index contributed by atoms with van der Waals surface area (Å²) >= 11 is 0. The van der Waals surface area contributed by atoms with Crippen LogP contribution in [0.4, 0.5) is 5.69 Å². The first-order valence-electron chi connectivity index (χ1n) is 5.20. The fraction of sp³-hybridized carbons (Fsp3) is 0.417. The van der Waals surface area contributed by atoms with Crippen molar-refractivity contribution in [2.45, 2.75) is 32.2 Å². The van der Waals surface area contributed by atoms with Gasteiger partial charge in [0.15, 0.2) is 0 Å². The van der Waals surface area contributed by atoms with Crippen molar-refractivity contribution < 1.29 is 9.90 Å². The van der Waals surface area contributed by atoms with Gasteiger partial charge in [0, 0.05) is 12.1 Å². The molecule has 0 bridgehead atoms. The number of carboxylic acid groups (broad SMARTS) is 1. The zero-order valence-electron chi connectivity index (χ0n) is 8.95. The van der Waals surface area contributed by atoms with Crippen molar-refractivity contribution in [1.29, 1.82) is 0 Å². The molecular weight excluding hydrogens is 190 g/mol. The van der Waals surface area contributed by atoms with Gasteiger partial charge in [-0.3, -0.25) is 0 Å². The normalized spacial score (nSPS) is 18.7. The van der Waals surface area contributed by atoms with Crippen molar-refractivity contribution in [2.75, 3.05) is 5.32 Å². The van der Waals surface area contributed by atoms with Crippen molar-refractivity contribution in [3.05, 3.63) is 29.3 Å². The van der Waals surface area contributed by atoms with Crippen molar-refractivity contribution in [3.8, 4) is 0 Å². The molecule has 0 amide bonds. The molecule has 0 aromatic heterocycles. The molecule has 3 heteroatoms. The van der Waals surface area contributed by atoms with Gasteiger partial charge >= 0.3 is 5.97 Å². The van der Waals surface area contributed by atoms with E-state index in [0.29, 0.717) is 12.3 Å². The van der Waals surface area contributed by atoms with Gasteiger partial charge in [-0.15, -0.1) is 0 Å². The van der Waals surface area contributed by atoms with Gasteiger partial charge in [0.05, 0.1) is 0 Å². The van der Waals surface area contributed by atoms with E-state index in [1.54, 1.807) is 0 Å². The minimum Gasteiger partial charge on any atom is -0.480 e. The first-order valence-corrected chi connectivity index (χ1v) is 5.20. The summed E-state index contributed by atoms with van der Waals surface area (Å²) in [5, 5.41) is 11.9. The van der Waals surface area contributed by atoms with Crippen LogP contribution in [0.5, 0.6) is 0 Å². The number of carbonyl (C=O) groups is 1.